The number of hydrogen-bond donors (Lipinski definition) is 2. The highest BCUT2D eigenvalue weighted by molar-refractivity contribution is 6.89. The first kappa shape index (κ1) is 18.2. The van der Waals surface area contributed by atoms with Gasteiger partial charge < -0.3 is 10.2 Å². The van der Waals surface area contributed by atoms with Crippen LogP contribution in [0.25, 0.3) is 0 Å². The van der Waals surface area contributed by atoms with Gasteiger partial charge in [-0.2, -0.15) is 0 Å². The Morgan fingerprint density at radius 1 is 1.00 bits per heavy atom. The molecule has 0 aromatic rings. The predicted molar refractivity (Wildman–Crippen MR) is 79.3 cm³/mol. The van der Waals surface area contributed by atoms with E-state index in [0.717, 1.165) is 0 Å². The van der Waals surface area contributed by atoms with Crippen LogP contribution < -0.4 is 0 Å². The Kier molecular flexibility index (Phi) is 6.26. The molecule has 0 atom stereocenters. The number of carboxylic acids is 2. The molecule has 5 heteroatoms. The van der Waals surface area contributed by atoms with Gasteiger partial charge >= 0.3 is 11.9 Å². The number of carboxylic acid groups (broad SMARTS) is 2. The number of hydrogen-bond acceptors (Lipinski definition) is 2. The first-order valence-corrected chi connectivity index (χ1v) is 9.43. The van der Waals surface area contributed by atoms with Crippen molar-refractivity contribution in [3.8, 4) is 0 Å². The lowest BCUT2D eigenvalue weighted by Crippen LogP contribution is -2.57. The lowest BCUT2D eigenvalue weighted by atomic mass is 10.0. The van der Waals surface area contributed by atoms with Gasteiger partial charge in [-0.1, -0.05) is 41.5 Å². The van der Waals surface area contributed by atoms with Crippen LogP contribution in [0.2, 0.25) is 22.2 Å². The van der Waals surface area contributed by atoms with Crippen molar-refractivity contribution < 1.29 is 19.8 Å². The van der Waals surface area contributed by atoms with Gasteiger partial charge in [-0.05, 0) is 23.9 Å². The summed E-state index contributed by atoms with van der Waals surface area (Å²) in [5, 5.41) is 18.3. The van der Waals surface area contributed by atoms with Crippen LogP contribution in [0.3, 0.4) is 0 Å². The Bertz CT molecular complexity index is 324. The second-order valence-electron chi connectivity index (χ2n) is 6.01. The van der Waals surface area contributed by atoms with E-state index >= 15 is 0 Å². The van der Waals surface area contributed by atoms with Crippen LogP contribution in [0.1, 0.15) is 54.4 Å². The monoisotopic (exact) mass is 288 g/mol. The number of carbonyl (C=O) groups is 2. The molecule has 0 amide bonds. The Morgan fingerprint density at radius 3 is 1.53 bits per heavy atom. The molecule has 0 aliphatic heterocycles. The van der Waals surface area contributed by atoms with Crippen molar-refractivity contribution in [3.63, 3.8) is 0 Å². The Balaban J connectivity index is 6.19. The van der Waals surface area contributed by atoms with Crippen LogP contribution in [0, 0.1) is 0 Å². The summed E-state index contributed by atoms with van der Waals surface area (Å²) < 4.78 is 0. The summed E-state index contributed by atoms with van der Waals surface area (Å²) in [5.74, 6) is -1.67. The van der Waals surface area contributed by atoms with Crippen molar-refractivity contribution in [2.24, 2.45) is 0 Å². The van der Waals surface area contributed by atoms with Gasteiger partial charge in [0.25, 0.3) is 0 Å². The molecular weight excluding hydrogens is 260 g/mol. The maximum atomic E-state index is 12.0. The molecule has 2 N–H and O–H groups in total. The van der Waals surface area contributed by atoms with Crippen molar-refractivity contribution in [3.05, 3.63) is 0 Å². The summed E-state index contributed by atoms with van der Waals surface area (Å²) in [5.41, 5.74) is 0.249. The van der Waals surface area contributed by atoms with E-state index in [1.165, 1.54) is 0 Å². The largest absolute Gasteiger partial charge is 0.481 e. The SMILES string of the molecule is CCC(CC)(C(=O)O)[Si](CC(=O)O)(C(C)C)C(C)C. The lowest BCUT2D eigenvalue weighted by Gasteiger charge is -2.51. The smallest absolute Gasteiger partial charge is 0.306 e. The topological polar surface area (TPSA) is 74.6 Å². The highest BCUT2D eigenvalue weighted by atomic mass is 28.3. The third-order valence-corrected chi connectivity index (χ3v) is 12.7. The predicted octanol–water partition coefficient (Wildman–Crippen LogP) is 3.98. The van der Waals surface area contributed by atoms with Gasteiger partial charge in [0.2, 0.25) is 0 Å². The minimum absolute atomic E-state index is 0.0380. The highest BCUT2D eigenvalue weighted by Crippen LogP contribution is 2.57. The van der Waals surface area contributed by atoms with Crippen LogP contribution in [-0.4, -0.2) is 30.2 Å². The van der Waals surface area contributed by atoms with E-state index in [-0.39, 0.29) is 17.1 Å². The first-order chi connectivity index (χ1) is 8.62. The maximum Gasteiger partial charge on any atom is 0.306 e. The zero-order valence-electron chi connectivity index (χ0n) is 13.0. The number of aliphatic carboxylic acids is 2. The molecule has 112 valence electrons. The van der Waals surface area contributed by atoms with E-state index in [4.69, 9.17) is 0 Å². The molecule has 0 fully saturated rings. The fourth-order valence-corrected chi connectivity index (χ4v) is 10.9. The molecule has 0 radical (unpaired) electrons. The van der Waals surface area contributed by atoms with Crippen LogP contribution in [0.15, 0.2) is 0 Å². The first-order valence-electron chi connectivity index (χ1n) is 7.07. The van der Waals surface area contributed by atoms with Crippen LogP contribution in [-0.2, 0) is 9.59 Å². The summed E-state index contributed by atoms with van der Waals surface area (Å²) in [6.07, 6.45) is 1.02. The molecule has 0 aliphatic rings. The molecule has 0 aliphatic carbocycles. The van der Waals surface area contributed by atoms with Crippen LogP contribution >= 0.6 is 0 Å². The lowest BCUT2D eigenvalue weighted by molar-refractivity contribution is -0.141. The Morgan fingerprint density at radius 2 is 1.37 bits per heavy atom. The molecule has 0 bridgehead atoms. The maximum absolute atomic E-state index is 12.0. The second-order valence-corrected chi connectivity index (χ2v) is 11.7. The third kappa shape index (κ3) is 2.85. The summed E-state index contributed by atoms with van der Waals surface area (Å²) >= 11 is 0. The van der Waals surface area contributed by atoms with Crippen molar-refractivity contribution in [1.82, 2.24) is 0 Å². The van der Waals surface area contributed by atoms with Gasteiger partial charge in [0.05, 0.1) is 13.1 Å². The normalized spacial score (nSPS) is 13.1. The van der Waals surface area contributed by atoms with Crippen molar-refractivity contribution in [1.29, 1.82) is 0 Å². The summed E-state index contributed by atoms with van der Waals surface area (Å²) in [6.45, 7) is 11.8. The van der Waals surface area contributed by atoms with E-state index in [0.29, 0.717) is 12.8 Å². The average Bonchev–Trinajstić information content (AvgIpc) is 2.27. The molecule has 0 spiro atoms. The Labute approximate surface area is 117 Å². The molecular formula is C14H28O4Si. The molecule has 0 saturated heterocycles. The van der Waals surface area contributed by atoms with Gasteiger partial charge in [-0.25, -0.2) is 0 Å². The summed E-state index contributed by atoms with van der Waals surface area (Å²) in [4.78, 5) is 23.3. The van der Waals surface area contributed by atoms with Gasteiger partial charge in [-0.15, -0.1) is 0 Å². The average molecular weight is 288 g/mol. The van der Waals surface area contributed by atoms with Crippen molar-refractivity contribution in [2.45, 2.75) is 76.5 Å². The second kappa shape index (κ2) is 6.55. The zero-order valence-corrected chi connectivity index (χ0v) is 14.0. The van der Waals surface area contributed by atoms with E-state index in [1.54, 1.807) is 0 Å². The number of rotatable bonds is 8. The van der Waals surface area contributed by atoms with Crippen molar-refractivity contribution in [2.75, 3.05) is 0 Å². The quantitative estimate of drug-likeness (QED) is 0.662. The van der Waals surface area contributed by atoms with Crippen LogP contribution in [0.4, 0.5) is 0 Å². The molecule has 19 heavy (non-hydrogen) atoms. The molecule has 0 unspecified atom stereocenters. The summed E-state index contributed by atoms with van der Waals surface area (Å²) in [7, 11) is -2.56. The van der Waals surface area contributed by atoms with Crippen LogP contribution in [0.5, 0.6) is 0 Å². The van der Waals surface area contributed by atoms with E-state index in [9.17, 15) is 19.8 Å². The molecule has 0 aromatic carbocycles. The minimum atomic E-state index is -2.56. The molecule has 0 aromatic heterocycles. The van der Waals surface area contributed by atoms with E-state index < -0.39 is 25.1 Å². The van der Waals surface area contributed by atoms with Gasteiger partial charge in [0, 0.05) is 6.04 Å². The van der Waals surface area contributed by atoms with E-state index in [2.05, 4.69) is 0 Å². The molecule has 4 nitrogen and oxygen atoms in total. The third-order valence-electron chi connectivity index (χ3n) is 5.01. The standard InChI is InChI=1S/C14H28O4Si/c1-7-14(8-2,13(17)18)19(10(3)4,11(5)6)9-12(15)16/h10-11H,7-9H2,1-6H3,(H,15,16)(H,17,18). The Hall–Kier alpha value is -0.843. The van der Waals surface area contributed by atoms with Crippen molar-refractivity contribution >= 4 is 20.0 Å². The molecule has 0 rings (SSSR count). The molecule has 0 heterocycles. The summed E-state index contributed by atoms with van der Waals surface area (Å²) in [6, 6.07) is 0.0380. The van der Waals surface area contributed by atoms with Gasteiger partial charge in [-0.3, -0.25) is 9.59 Å². The fraction of sp³-hybridized carbons (Fsp3) is 0.857. The fourth-order valence-electron chi connectivity index (χ4n) is 4.01. The van der Waals surface area contributed by atoms with E-state index in [1.807, 2.05) is 41.5 Å². The zero-order chi connectivity index (χ0) is 15.4. The van der Waals surface area contributed by atoms with Gasteiger partial charge in [0.15, 0.2) is 0 Å². The molecule has 0 saturated carbocycles. The highest BCUT2D eigenvalue weighted by Gasteiger charge is 2.60. The van der Waals surface area contributed by atoms with Gasteiger partial charge in [0.1, 0.15) is 0 Å². The minimum Gasteiger partial charge on any atom is -0.481 e.